The Morgan fingerprint density at radius 2 is 1.80 bits per heavy atom. The van der Waals surface area contributed by atoms with E-state index in [9.17, 15) is 9.59 Å². The summed E-state index contributed by atoms with van der Waals surface area (Å²) in [6.07, 6.45) is 13.5. The van der Waals surface area contributed by atoms with Gasteiger partial charge in [-0.15, -0.1) is 0 Å². The maximum Gasteiger partial charge on any atom is 0.275 e. The van der Waals surface area contributed by atoms with Crippen molar-refractivity contribution in [2.45, 2.75) is 112 Å². The van der Waals surface area contributed by atoms with Crippen LogP contribution in [0.1, 0.15) is 106 Å². The molecule has 3 aliphatic rings. The number of nitrogens with zero attached hydrogens (tertiary/aromatic N) is 3. The number of aliphatic imine (C=N–C) groups is 1. The van der Waals surface area contributed by atoms with E-state index in [0.717, 1.165) is 44.1 Å². The summed E-state index contributed by atoms with van der Waals surface area (Å²) in [5.41, 5.74) is 10.1. The number of hydrogen-bond donors (Lipinski definition) is 4. The van der Waals surface area contributed by atoms with Gasteiger partial charge in [0.2, 0.25) is 5.91 Å². The molecule has 1 aromatic rings. The number of rotatable bonds is 12. The van der Waals surface area contributed by atoms with Gasteiger partial charge < -0.3 is 20.7 Å². The molecular formula is C39H58ClN7O3. The smallest absolute Gasteiger partial charge is 0.275 e. The van der Waals surface area contributed by atoms with Crippen LogP contribution in [-0.2, 0) is 9.59 Å². The highest BCUT2D eigenvalue weighted by molar-refractivity contribution is 6.47. The second-order valence-electron chi connectivity index (χ2n) is 16.8. The Labute approximate surface area is 303 Å². The Hall–Kier alpha value is -3.63. The van der Waals surface area contributed by atoms with Crippen molar-refractivity contribution in [3.8, 4) is 5.75 Å². The average molecular weight is 708 g/mol. The van der Waals surface area contributed by atoms with E-state index in [4.69, 9.17) is 32.9 Å². The molecular weight excluding hydrogens is 650 g/mol. The molecule has 2 amide bonds. The number of carbonyl (C=O) groups excluding carboxylic acids is 2. The van der Waals surface area contributed by atoms with Crippen molar-refractivity contribution in [1.82, 2.24) is 15.8 Å². The van der Waals surface area contributed by atoms with Gasteiger partial charge in [-0.05, 0) is 85.3 Å². The lowest BCUT2D eigenvalue weighted by atomic mass is 9.75. The number of amidine groups is 1. The van der Waals surface area contributed by atoms with Gasteiger partial charge in [0.25, 0.3) is 5.91 Å². The van der Waals surface area contributed by atoms with Gasteiger partial charge in [-0.3, -0.25) is 14.6 Å². The highest BCUT2D eigenvalue weighted by Gasteiger charge is 2.53. The van der Waals surface area contributed by atoms with Gasteiger partial charge in [0.1, 0.15) is 23.0 Å². The summed E-state index contributed by atoms with van der Waals surface area (Å²) in [5, 5.41) is 7.01. The van der Waals surface area contributed by atoms with Crippen molar-refractivity contribution < 1.29 is 14.3 Å². The molecule has 0 saturated heterocycles. The second-order valence-corrected chi connectivity index (χ2v) is 17.2. The summed E-state index contributed by atoms with van der Waals surface area (Å²) < 4.78 is 6.16. The van der Waals surface area contributed by atoms with Crippen LogP contribution in [0, 0.1) is 22.7 Å². The van der Waals surface area contributed by atoms with E-state index < -0.39 is 5.66 Å². The summed E-state index contributed by atoms with van der Waals surface area (Å²) in [7, 11) is 0. The molecule has 50 heavy (non-hydrogen) atoms. The number of carbonyl (C=O) groups is 2. The maximum atomic E-state index is 15.0. The largest absolute Gasteiger partial charge is 0.492 e. The molecule has 4 rings (SSSR count). The molecule has 274 valence electrons. The van der Waals surface area contributed by atoms with E-state index in [1.165, 1.54) is 0 Å². The van der Waals surface area contributed by atoms with Crippen LogP contribution in [0.5, 0.6) is 5.75 Å². The molecule has 1 aromatic carbocycles. The molecule has 0 bridgehead atoms. The van der Waals surface area contributed by atoms with Crippen molar-refractivity contribution in [2.75, 3.05) is 13.2 Å². The number of amides is 2. The third-order valence-electron chi connectivity index (χ3n) is 9.58. The average Bonchev–Trinajstić information content (AvgIpc) is 3.14. The number of benzene rings is 1. The normalized spacial score (nSPS) is 23.6. The lowest BCUT2D eigenvalue weighted by Gasteiger charge is -2.47. The minimum Gasteiger partial charge on any atom is -0.492 e. The first-order chi connectivity index (χ1) is 23.4. The molecule has 3 atom stereocenters. The van der Waals surface area contributed by atoms with Gasteiger partial charge in [-0.25, -0.2) is 11.4 Å². The molecule has 3 unspecified atom stereocenters. The third kappa shape index (κ3) is 10.2. The van der Waals surface area contributed by atoms with E-state index in [1.807, 2.05) is 30.4 Å². The van der Waals surface area contributed by atoms with Crippen LogP contribution in [0.4, 0.5) is 0 Å². The topological polar surface area (TPSA) is 147 Å². The van der Waals surface area contributed by atoms with Crippen molar-refractivity contribution in [3.63, 3.8) is 0 Å². The Balaban J connectivity index is 1.75. The molecule has 1 fully saturated rings. The minimum absolute atomic E-state index is 0.0380. The molecule has 0 radical (unpaired) electrons. The molecule has 6 N–H and O–H groups in total. The highest BCUT2D eigenvalue weighted by Crippen LogP contribution is 2.47. The number of nitrogens with two attached hydrogens (primary N) is 2. The van der Waals surface area contributed by atoms with E-state index in [-0.39, 0.29) is 41.1 Å². The quantitative estimate of drug-likeness (QED) is 0.0814. The molecule has 1 saturated carbocycles. The maximum absolute atomic E-state index is 15.0. The van der Waals surface area contributed by atoms with Crippen LogP contribution in [-0.4, -0.2) is 53.1 Å². The number of nitrogens with one attached hydrogen (secondary N) is 2. The molecule has 2 aliphatic carbocycles. The summed E-state index contributed by atoms with van der Waals surface area (Å²) in [4.78, 5) is 35.5. The fourth-order valence-electron chi connectivity index (χ4n) is 7.26. The Morgan fingerprint density at radius 1 is 1.12 bits per heavy atom. The zero-order chi connectivity index (χ0) is 36.9. The summed E-state index contributed by atoms with van der Waals surface area (Å²) in [6, 6.07) is 5.30. The van der Waals surface area contributed by atoms with Crippen molar-refractivity contribution in [1.29, 1.82) is 0 Å². The lowest BCUT2D eigenvalue weighted by Crippen LogP contribution is -2.56. The third-order valence-corrected chi connectivity index (χ3v) is 9.89. The van der Waals surface area contributed by atoms with Crippen LogP contribution in [0.3, 0.4) is 0 Å². The van der Waals surface area contributed by atoms with Crippen molar-refractivity contribution in [2.24, 2.45) is 44.3 Å². The fraction of sp³-hybridized carbons (Fsp3) is 0.590. The Bertz CT molecular complexity index is 1550. The van der Waals surface area contributed by atoms with Gasteiger partial charge >= 0.3 is 0 Å². The Morgan fingerprint density at radius 3 is 2.44 bits per heavy atom. The SMILES string of the molecule is CC1CC(C)CC2(C1)N=C(c1ccc(Cl)c(OCCC(C)(C)C)c1)C(=O)N2C(CCC(C)(C)C)C1=CC=C(C(=O)NC/C(N)=N/NN)CC=C1. The lowest BCUT2D eigenvalue weighted by molar-refractivity contribution is -0.133. The summed E-state index contributed by atoms with van der Waals surface area (Å²) >= 11 is 6.60. The van der Waals surface area contributed by atoms with Gasteiger partial charge in [0.05, 0.1) is 24.2 Å². The van der Waals surface area contributed by atoms with Crippen LogP contribution in [0.25, 0.3) is 0 Å². The summed E-state index contributed by atoms with van der Waals surface area (Å²) in [5.74, 6) is 6.37. The van der Waals surface area contributed by atoms with E-state index in [1.54, 1.807) is 6.07 Å². The first-order valence-electron chi connectivity index (χ1n) is 17.9. The van der Waals surface area contributed by atoms with Gasteiger partial charge in [-0.2, -0.15) is 5.10 Å². The van der Waals surface area contributed by atoms with E-state index in [2.05, 4.69) is 82.3 Å². The molecule has 1 heterocycles. The monoisotopic (exact) mass is 707 g/mol. The highest BCUT2D eigenvalue weighted by atomic mass is 35.5. The van der Waals surface area contributed by atoms with Gasteiger partial charge in [0.15, 0.2) is 0 Å². The van der Waals surface area contributed by atoms with Crippen molar-refractivity contribution in [3.05, 3.63) is 64.2 Å². The number of hydrazine groups is 1. The number of hydrogen-bond acceptors (Lipinski definition) is 7. The standard InChI is InChI=1S/C39H58ClN7O3/c1-25-20-26(2)23-39(22-25)44-34(29-14-15-30(40)32(21-29)50-19-18-38(6,7)8)36(49)47(39)31(16-17-37(3,4)5)27-10-9-11-28(13-12-27)35(48)43-24-33(41)45-46-42/h9-10,12-15,21,25-26,31,46H,11,16-20,22-24,42H2,1-8H3,(H2,41,45)(H,43,48). The van der Waals surface area contributed by atoms with Gasteiger partial charge in [0, 0.05) is 11.1 Å². The zero-order valence-corrected chi connectivity index (χ0v) is 32.0. The number of ether oxygens (including phenoxy) is 1. The first-order valence-corrected chi connectivity index (χ1v) is 18.3. The van der Waals surface area contributed by atoms with Crippen LogP contribution in [0.2, 0.25) is 5.02 Å². The van der Waals surface area contributed by atoms with Crippen LogP contribution in [0.15, 0.2) is 63.7 Å². The predicted molar refractivity (Wildman–Crippen MR) is 204 cm³/mol. The van der Waals surface area contributed by atoms with E-state index in [0.29, 0.717) is 52.5 Å². The predicted octanol–water partition coefficient (Wildman–Crippen LogP) is 6.80. The second kappa shape index (κ2) is 16.1. The van der Waals surface area contributed by atoms with Crippen LogP contribution < -0.4 is 27.2 Å². The molecule has 11 heteroatoms. The minimum atomic E-state index is -0.697. The van der Waals surface area contributed by atoms with Crippen LogP contribution >= 0.6 is 11.6 Å². The van der Waals surface area contributed by atoms with Gasteiger partial charge in [-0.1, -0.05) is 97.4 Å². The van der Waals surface area contributed by atoms with Crippen molar-refractivity contribution >= 4 is 35.0 Å². The number of halogens is 1. The first kappa shape index (κ1) is 39.2. The molecule has 0 aromatic heterocycles. The number of hydrazone groups is 1. The molecule has 10 nitrogen and oxygen atoms in total. The zero-order valence-electron chi connectivity index (χ0n) is 31.2. The van der Waals surface area contributed by atoms with E-state index >= 15 is 0 Å². The fourth-order valence-corrected chi connectivity index (χ4v) is 7.43. The molecule has 1 aliphatic heterocycles. The Kier molecular flexibility index (Phi) is 12.6. The summed E-state index contributed by atoms with van der Waals surface area (Å²) in [6.45, 7) is 18.3. The number of allylic oxidation sites excluding steroid dienone is 3. The molecule has 1 spiro atoms.